The minimum absolute atomic E-state index is 0. The molecule has 2 nitrogen and oxygen atoms in total. The SMILES string of the molecule is CN(C)c1ccc(/C=C/c2cc[n+](C)cc2)cc1.[Cl-]. The van der Waals surface area contributed by atoms with E-state index in [1.54, 1.807) is 0 Å². The van der Waals surface area contributed by atoms with Crippen LogP contribution in [0.25, 0.3) is 12.2 Å². The first-order valence-corrected chi connectivity index (χ1v) is 6.06. The van der Waals surface area contributed by atoms with Crippen LogP contribution >= 0.6 is 0 Å². The van der Waals surface area contributed by atoms with Crippen LogP contribution < -0.4 is 21.9 Å². The van der Waals surface area contributed by atoms with Gasteiger partial charge in [-0.05, 0) is 23.3 Å². The summed E-state index contributed by atoms with van der Waals surface area (Å²) in [7, 11) is 6.12. The number of benzene rings is 1. The van der Waals surface area contributed by atoms with Crippen LogP contribution in [0.5, 0.6) is 0 Å². The number of anilines is 1. The average Bonchev–Trinajstić information content (AvgIpc) is 2.38. The third-order valence-electron chi connectivity index (χ3n) is 2.88. The smallest absolute Gasteiger partial charge is 0.169 e. The molecule has 0 spiro atoms. The topological polar surface area (TPSA) is 7.12 Å². The van der Waals surface area contributed by atoms with Gasteiger partial charge in [0.05, 0.1) is 0 Å². The average molecular weight is 275 g/mol. The van der Waals surface area contributed by atoms with E-state index in [1.165, 1.54) is 16.8 Å². The Morgan fingerprint density at radius 3 is 1.79 bits per heavy atom. The fourth-order valence-electron chi connectivity index (χ4n) is 1.70. The van der Waals surface area contributed by atoms with Gasteiger partial charge in [0.2, 0.25) is 0 Å². The summed E-state index contributed by atoms with van der Waals surface area (Å²) in [5, 5.41) is 0. The molecule has 3 heteroatoms. The summed E-state index contributed by atoms with van der Waals surface area (Å²) in [5.74, 6) is 0. The zero-order chi connectivity index (χ0) is 13.0. The second-order valence-corrected chi connectivity index (χ2v) is 4.62. The Balaban J connectivity index is 0.00000180. The molecule has 0 N–H and O–H groups in total. The van der Waals surface area contributed by atoms with Gasteiger partial charge in [0.15, 0.2) is 12.4 Å². The highest BCUT2D eigenvalue weighted by Crippen LogP contribution is 2.14. The Morgan fingerprint density at radius 2 is 1.32 bits per heavy atom. The van der Waals surface area contributed by atoms with Gasteiger partial charge in [0.1, 0.15) is 7.05 Å². The van der Waals surface area contributed by atoms with Crippen molar-refractivity contribution in [3.63, 3.8) is 0 Å². The van der Waals surface area contributed by atoms with Gasteiger partial charge >= 0.3 is 0 Å². The summed E-state index contributed by atoms with van der Waals surface area (Å²) >= 11 is 0. The van der Waals surface area contributed by atoms with Crippen molar-refractivity contribution in [2.75, 3.05) is 19.0 Å². The minimum Gasteiger partial charge on any atom is -1.00 e. The molecule has 0 saturated heterocycles. The highest BCUT2D eigenvalue weighted by Gasteiger charge is 1.94. The van der Waals surface area contributed by atoms with Crippen molar-refractivity contribution in [2.24, 2.45) is 7.05 Å². The Bertz CT molecular complexity index is 528. The van der Waals surface area contributed by atoms with E-state index in [0.29, 0.717) is 0 Å². The molecule has 1 aromatic carbocycles. The lowest BCUT2D eigenvalue weighted by molar-refractivity contribution is -0.671. The van der Waals surface area contributed by atoms with Crippen molar-refractivity contribution in [2.45, 2.75) is 0 Å². The van der Waals surface area contributed by atoms with Crippen molar-refractivity contribution in [3.8, 4) is 0 Å². The first-order chi connectivity index (χ1) is 8.65. The lowest BCUT2D eigenvalue weighted by Gasteiger charge is -2.11. The van der Waals surface area contributed by atoms with E-state index in [9.17, 15) is 0 Å². The predicted octanol–water partition coefficient (Wildman–Crippen LogP) is -0.248. The monoisotopic (exact) mass is 274 g/mol. The van der Waals surface area contributed by atoms with E-state index in [-0.39, 0.29) is 12.4 Å². The molecular formula is C16H19ClN2. The summed E-state index contributed by atoms with van der Waals surface area (Å²) in [6, 6.07) is 12.7. The van der Waals surface area contributed by atoms with Crippen LogP contribution in [-0.2, 0) is 7.05 Å². The maximum absolute atomic E-state index is 2.13. The quantitative estimate of drug-likeness (QED) is 0.701. The predicted molar refractivity (Wildman–Crippen MR) is 77.3 cm³/mol. The van der Waals surface area contributed by atoms with Gasteiger partial charge in [-0.1, -0.05) is 24.3 Å². The lowest BCUT2D eigenvalue weighted by Crippen LogP contribution is -3.00. The van der Waals surface area contributed by atoms with E-state index in [2.05, 4.69) is 79.9 Å². The van der Waals surface area contributed by atoms with E-state index in [0.717, 1.165) is 0 Å². The van der Waals surface area contributed by atoms with Gasteiger partial charge in [-0.25, -0.2) is 4.57 Å². The highest BCUT2D eigenvalue weighted by atomic mass is 35.5. The largest absolute Gasteiger partial charge is 1.00 e. The Labute approximate surface area is 121 Å². The molecule has 0 atom stereocenters. The molecular weight excluding hydrogens is 256 g/mol. The van der Waals surface area contributed by atoms with Crippen molar-refractivity contribution in [1.82, 2.24) is 0 Å². The van der Waals surface area contributed by atoms with Crippen molar-refractivity contribution in [1.29, 1.82) is 0 Å². The molecule has 0 amide bonds. The molecule has 0 aliphatic carbocycles. The van der Waals surface area contributed by atoms with Crippen LogP contribution in [0.2, 0.25) is 0 Å². The van der Waals surface area contributed by atoms with Gasteiger partial charge in [0, 0.05) is 31.9 Å². The summed E-state index contributed by atoms with van der Waals surface area (Å²) in [4.78, 5) is 2.10. The Kier molecular flexibility index (Phi) is 5.58. The van der Waals surface area contributed by atoms with Crippen LogP contribution in [0, 0.1) is 0 Å². The van der Waals surface area contributed by atoms with Gasteiger partial charge in [0.25, 0.3) is 0 Å². The number of rotatable bonds is 3. The number of pyridine rings is 1. The third-order valence-corrected chi connectivity index (χ3v) is 2.88. The zero-order valence-electron chi connectivity index (χ0n) is 11.5. The Morgan fingerprint density at radius 1 is 0.842 bits per heavy atom. The molecule has 0 radical (unpaired) electrons. The molecule has 1 aromatic heterocycles. The molecule has 0 fully saturated rings. The van der Waals surface area contributed by atoms with Gasteiger partial charge in [-0.2, -0.15) is 0 Å². The minimum atomic E-state index is 0. The molecule has 0 unspecified atom stereocenters. The maximum Gasteiger partial charge on any atom is 0.169 e. The normalized spacial score (nSPS) is 10.3. The van der Waals surface area contributed by atoms with Gasteiger partial charge < -0.3 is 17.3 Å². The molecule has 2 aromatic rings. The third kappa shape index (κ3) is 4.42. The maximum atomic E-state index is 2.13. The fourth-order valence-corrected chi connectivity index (χ4v) is 1.70. The molecule has 0 bridgehead atoms. The zero-order valence-corrected chi connectivity index (χ0v) is 12.3. The number of aryl methyl sites for hydroxylation is 1. The number of aromatic nitrogens is 1. The van der Waals surface area contributed by atoms with E-state index < -0.39 is 0 Å². The summed E-state index contributed by atoms with van der Waals surface area (Å²) in [6.45, 7) is 0. The first kappa shape index (κ1) is 15.3. The summed E-state index contributed by atoms with van der Waals surface area (Å²) < 4.78 is 2.03. The van der Waals surface area contributed by atoms with Crippen molar-refractivity contribution >= 4 is 17.8 Å². The van der Waals surface area contributed by atoms with E-state index in [1.807, 2.05) is 11.6 Å². The Hall–Kier alpha value is -1.80. The van der Waals surface area contributed by atoms with Gasteiger partial charge in [-0.3, -0.25) is 0 Å². The molecule has 0 saturated carbocycles. The second kappa shape index (κ2) is 6.95. The number of hydrogen-bond donors (Lipinski definition) is 0. The number of hydrogen-bond acceptors (Lipinski definition) is 1. The van der Waals surface area contributed by atoms with Crippen LogP contribution in [-0.4, -0.2) is 14.1 Å². The van der Waals surface area contributed by atoms with Crippen LogP contribution in [0.4, 0.5) is 5.69 Å². The first-order valence-electron chi connectivity index (χ1n) is 6.06. The van der Waals surface area contributed by atoms with Crippen molar-refractivity contribution < 1.29 is 17.0 Å². The van der Waals surface area contributed by atoms with E-state index in [4.69, 9.17) is 0 Å². The summed E-state index contributed by atoms with van der Waals surface area (Å²) in [5.41, 5.74) is 3.65. The van der Waals surface area contributed by atoms with Gasteiger partial charge in [-0.15, -0.1) is 0 Å². The molecule has 1 heterocycles. The van der Waals surface area contributed by atoms with Crippen LogP contribution in [0.3, 0.4) is 0 Å². The van der Waals surface area contributed by atoms with Crippen LogP contribution in [0.1, 0.15) is 11.1 Å². The molecule has 0 aliphatic heterocycles. The fraction of sp³-hybridized carbons (Fsp3) is 0.188. The van der Waals surface area contributed by atoms with E-state index >= 15 is 0 Å². The van der Waals surface area contributed by atoms with Crippen molar-refractivity contribution in [3.05, 3.63) is 59.9 Å². The lowest BCUT2D eigenvalue weighted by atomic mass is 10.1. The number of halogens is 1. The summed E-state index contributed by atoms with van der Waals surface area (Å²) in [6.07, 6.45) is 8.36. The number of nitrogens with zero attached hydrogens (tertiary/aromatic N) is 2. The molecule has 19 heavy (non-hydrogen) atoms. The molecule has 0 aliphatic rings. The molecule has 100 valence electrons. The molecule has 2 rings (SSSR count). The highest BCUT2D eigenvalue weighted by molar-refractivity contribution is 5.70. The van der Waals surface area contributed by atoms with Crippen LogP contribution in [0.15, 0.2) is 48.8 Å². The second-order valence-electron chi connectivity index (χ2n) is 4.62. The standard InChI is InChI=1S/C16H19N2.ClH/c1-17(2)16-8-6-14(7-9-16)4-5-15-10-12-18(3)13-11-15;/h4-13H,1-3H3;1H/q+1;/p-1.